The summed E-state index contributed by atoms with van der Waals surface area (Å²) in [6.45, 7) is 1.82. The van der Waals surface area contributed by atoms with Crippen molar-refractivity contribution in [1.82, 2.24) is 0 Å². The first kappa shape index (κ1) is 13.8. The van der Waals surface area contributed by atoms with Crippen LogP contribution in [0.4, 0.5) is 0 Å². The first-order valence-electron chi connectivity index (χ1n) is 4.96. The molecule has 0 aliphatic carbocycles. The van der Waals surface area contributed by atoms with Crippen molar-refractivity contribution < 1.29 is 38.8 Å². The number of rotatable bonds is 4. The van der Waals surface area contributed by atoms with E-state index >= 15 is 0 Å². The Kier molecular flexibility index (Phi) is 4.13. The maximum absolute atomic E-state index is 11.0. The van der Waals surface area contributed by atoms with Crippen LogP contribution >= 0.6 is 0 Å². The third-order valence-corrected chi connectivity index (χ3v) is 2.05. The van der Waals surface area contributed by atoms with Gasteiger partial charge in [-0.05, 0) is 0 Å². The zero-order valence-corrected chi connectivity index (χ0v) is 9.71. The molecule has 1 aliphatic rings. The lowest BCUT2D eigenvalue weighted by atomic mass is 10.2. The number of esters is 3. The molecule has 1 unspecified atom stereocenters. The Morgan fingerprint density at radius 3 is 2.33 bits per heavy atom. The van der Waals surface area contributed by atoms with Crippen LogP contribution in [0.1, 0.15) is 13.8 Å². The average Bonchev–Trinajstić information content (AvgIpc) is 2.51. The summed E-state index contributed by atoms with van der Waals surface area (Å²) in [7, 11) is 0. The minimum absolute atomic E-state index is 0.412. The second-order valence-electron chi connectivity index (χ2n) is 3.51. The normalized spacial score (nSPS) is 20.3. The molecule has 0 aromatic rings. The van der Waals surface area contributed by atoms with Crippen LogP contribution < -0.4 is 0 Å². The fourth-order valence-corrected chi connectivity index (χ4v) is 1.31. The molecule has 0 saturated heterocycles. The minimum Gasteiger partial charge on any atom is -0.505 e. The van der Waals surface area contributed by atoms with Crippen LogP contribution in [-0.4, -0.2) is 46.9 Å². The molecular formula is C10H12O8. The smallest absolute Gasteiger partial charge is 0.378 e. The number of cyclic esters (lactones) is 1. The highest BCUT2D eigenvalue weighted by molar-refractivity contribution is 5.89. The van der Waals surface area contributed by atoms with Gasteiger partial charge in [-0.25, -0.2) is 4.79 Å². The number of aliphatic hydroxyl groups is 2. The molecule has 8 nitrogen and oxygen atoms in total. The lowest BCUT2D eigenvalue weighted by Crippen LogP contribution is -2.37. The van der Waals surface area contributed by atoms with Crippen molar-refractivity contribution in [1.29, 1.82) is 0 Å². The van der Waals surface area contributed by atoms with Crippen LogP contribution in [0.3, 0.4) is 0 Å². The Hall–Kier alpha value is -2.25. The molecule has 0 radical (unpaired) electrons. The molecule has 0 aromatic heterocycles. The van der Waals surface area contributed by atoms with E-state index in [1.165, 1.54) is 0 Å². The maximum atomic E-state index is 11.0. The van der Waals surface area contributed by atoms with E-state index in [-0.39, 0.29) is 0 Å². The number of hydrogen-bond donors (Lipinski definition) is 2. The van der Waals surface area contributed by atoms with E-state index in [1.54, 1.807) is 0 Å². The summed E-state index contributed by atoms with van der Waals surface area (Å²) >= 11 is 0. The minimum atomic E-state index is -1.39. The summed E-state index contributed by atoms with van der Waals surface area (Å²) in [5, 5.41) is 18.5. The Bertz CT molecular complexity index is 410. The topological polar surface area (TPSA) is 119 Å². The van der Waals surface area contributed by atoms with E-state index in [0.717, 1.165) is 13.8 Å². The van der Waals surface area contributed by atoms with Crippen LogP contribution in [-0.2, 0) is 28.6 Å². The zero-order chi connectivity index (χ0) is 13.9. The SMILES string of the molecule is CC(=O)OC[C@H](OC(C)=O)C1OC(=O)C(O)=C1O. The fourth-order valence-electron chi connectivity index (χ4n) is 1.31. The average molecular weight is 260 g/mol. The van der Waals surface area contributed by atoms with Gasteiger partial charge in [-0.3, -0.25) is 9.59 Å². The molecule has 0 amide bonds. The van der Waals surface area contributed by atoms with Crippen LogP contribution in [0.5, 0.6) is 0 Å². The van der Waals surface area contributed by atoms with Crippen molar-refractivity contribution >= 4 is 17.9 Å². The van der Waals surface area contributed by atoms with Gasteiger partial charge in [0.25, 0.3) is 0 Å². The van der Waals surface area contributed by atoms with Gasteiger partial charge in [-0.1, -0.05) is 0 Å². The van der Waals surface area contributed by atoms with Crippen LogP contribution in [0, 0.1) is 0 Å². The standard InChI is InChI=1S/C10H12O8/c1-4(11)16-3-6(17-5(2)12)9-7(13)8(14)10(15)18-9/h6,9,13-14H,3H2,1-2H3/t6-,9?/m0/s1. The maximum Gasteiger partial charge on any atom is 0.378 e. The number of ether oxygens (including phenoxy) is 3. The molecule has 0 aromatic carbocycles. The van der Waals surface area contributed by atoms with Gasteiger partial charge in [-0.2, -0.15) is 0 Å². The second-order valence-corrected chi connectivity index (χ2v) is 3.51. The highest BCUT2D eigenvalue weighted by atomic mass is 16.6. The van der Waals surface area contributed by atoms with E-state index in [1.807, 2.05) is 0 Å². The molecule has 0 fully saturated rings. The fraction of sp³-hybridized carbons (Fsp3) is 0.500. The first-order chi connectivity index (χ1) is 8.32. The Morgan fingerprint density at radius 1 is 1.33 bits per heavy atom. The number of hydrogen-bond acceptors (Lipinski definition) is 8. The molecule has 1 heterocycles. The van der Waals surface area contributed by atoms with Crippen molar-refractivity contribution in [3.05, 3.63) is 11.5 Å². The van der Waals surface area contributed by atoms with Gasteiger partial charge >= 0.3 is 17.9 Å². The Labute approximate surface area is 102 Å². The van der Waals surface area contributed by atoms with E-state index in [2.05, 4.69) is 9.47 Å². The van der Waals surface area contributed by atoms with Gasteiger partial charge in [0.1, 0.15) is 6.61 Å². The van der Waals surface area contributed by atoms with E-state index in [9.17, 15) is 19.5 Å². The number of carbonyl (C=O) groups is 3. The van der Waals surface area contributed by atoms with Gasteiger partial charge in [0.2, 0.25) is 11.9 Å². The number of carbonyl (C=O) groups excluding carboxylic acids is 3. The van der Waals surface area contributed by atoms with Crippen molar-refractivity contribution in [3.8, 4) is 0 Å². The van der Waals surface area contributed by atoms with Gasteiger partial charge in [-0.15, -0.1) is 0 Å². The molecule has 2 atom stereocenters. The van der Waals surface area contributed by atoms with Crippen molar-refractivity contribution in [2.75, 3.05) is 6.61 Å². The molecule has 8 heteroatoms. The van der Waals surface area contributed by atoms with Crippen LogP contribution in [0.2, 0.25) is 0 Å². The summed E-state index contributed by atoms with van der Waals surface area (Å²) in [4.78, 5) is 32.5. The zero-order valence-electron chi connectivity index (χ0n) is 9.71. The summed E-state index contributed by atoms with van der Waals surface area (Å²) in [5.74, 6) is -4.22. The van der Waals surface area contributed by atoms with Gasteiger partial charge < -0.3 is 24.4 Å². The molecule has 18 heavy (non-hydrogen) atoms. The molecule has 0 saturated carbocycles. The summed E-state index contributed by atoms with van der Waals surface area (Å²) in [5.41, 5.74) is 0. The highest BCUT2D eigenvalue weighted by Crippen LogP contribution is 2.23. The Balaban J connectivity index is 2.80. The molecule has 1 aliphatic heterocycles. The van der Waals surface area contributed by atoms with Crippen LogP contribution in [0.15, 0.2) is 11.5 Å². The second kappa shape index (κ2) is 5.39. The molecule has 1 rings (SSSR count). The Morgan fingerprint density at radius 2 is 1.94 bits per heavy atom. The van der Waals surface area contributed by atoms with Crippen molar-refractivity contribution in [2.45, 2.75) is 26.1 Å². The highest BCUT2D eigenvalue weighted by Gasteiger charge is 2.42. The summed E-state index contributed by atoms with van der Waals surface area (Å²) in [6, 6.07) is 0. The van der Waals surface area contributed by atoms with E-state index < -0.39 is 48.2 Å². The molecular weight excluding hydrogens is 248 g/mol. The van der Waals surface area contributed by atoms with Gasteiger partial charge in [0.15, 0.2) is 11.9 Å². The molecule has 0 spiro atoms. The van der Waals surface area contributed by atoms with E-state index in [0.29, 0.717) is 0 Å². The van der Waals surface area contributed by atoms with Gasteiger partial charge in [0.05, 0.1) is 0 Å². The summed E-state index contributed by atoms with van der Waals surface area (Å²) < 4.78 is 14.0. The number of aliphatic hydroxyl groups excluding tert-OH is 2. The molecule has 100 valence electrons. The monoisotopic (exact) mass is 260 g/mol. The van der Waals surface area contributed by atoms with Crippen molar-refractivity contribution in [2.24, 2.45) is 0 Å². The molecule has 2 N–H and O–H groups in total. The van der Waals surface area contributed by atoms with Crippen molar-refractivity contribution in [3.63, 3.8) is 0 Å². The van der Waals surface area contributed by atoms with Gasteiger partial charge in [0, 0.05) is 13.8 Å². The first-order valence-corrected chi connectivity index (χ1v) is 4.96. The third-order valence-electron chi connectivity index (χ3n) is 2.05. The third kappa shape index (κ3) is 3.12. The summed E-state index contributed by atoms with van der Waals surface area (Å²) in [6.07, 6.45) is -2.61. The molecule has 0 bridgehead atoms. The largest absolute Gasteiger partial charge is 0.505 e. The van der Waals surface area contributed by atoms with E-state index in [4.69, 9.17) is 9.84 Å². The predicted molar refractivity (Wildman–Crippen MR) is 54.4 cm³/mol. The quantitative estimate of drug-likeness (QED) is 0.523. The lowest BCUT2D eigenvalue weighted by molar-refractivity contribution is -0.168. The van der Waals surface area contributed by atoms with Crippen LogP contribution in [0.25, 0.3) is 0 Å². The lowest BCUT2D eigenvalue weighted by Gasteiger charge is -2.21. The predicted octanol–water partition coefficient (Wildman–Crippen LogP) is -0.266.